The van der Waals surface area contributed by atoms with Gasteiger partial charge in [-0.3, -0.25) is 9.59 Å². The number of hydrogen-bond donors (Lipinski definition) is 2. The average molecular weight is 499 g/mol. The third-order valence-corrected chi connectivity index (χ3v) is 4.04. The van der Waals surface area contributed by atoms with Gasteiger partial charge in [0.15, 0.2) is 18.1 Å². The number of carbonyl (C=O) groups is 2. The first-order valence-corrected chi connectivity index (χ1v) is 9.41. The van der Waals surface area contributed by atoms with Crippen LogP contribution in [-0.2, 0) is 9.59 Å². The van der Waals surface area contributed by atoms with Gasteiger partial charge >= 0.3 is 0 Å². The minimum atomic E-state index is -0.388. The Balaban J connectivity index is 2.08. The molecule has 148 valence electrons. The van der Waals surface area contributed by atoms with E-state index < -0.39 is 0 Å². The number of carbonyl (C=O) groups excluding carboxylic acids is 2. The van der Waals surface area contributed by atoms with Gasteiger partial charge in [-0.1, -0.05) is 0 Å². The van der Waals surface area contributed by atoms with Crippen molar-refractivity contribution in [3.63, 3.8) is 0 Å². The standard InChI is InChI=1S/C19H19FIN3O4/c1-3-27-17-9-13(10-22-24-12(2)25)8-16(21)19(17)28-11-18(26)23-15-6-4-14(20)5-7-15/h4-10H,3,11H2,1-2H3,(H,23,26)(H,24,25)/b22-10-. The first-order valence-electron chi connectivity index (χ1n) is 8.33. The lowest BCUT2D eigenvalue weighted by Crippen LogP contribution is -2.20. The van der Waals surface area contributed by atoms with Crippen LogP contribution in [0.1, 0.15) is 19.4 Å². The van der Waals surface area contributed by atoms with Gasteiger partial charge in [0, 0.05) is 12.6 Å². The molecule has 0 atom stereocenters. The molecule has 7 nitrogen and oxygen atoms in total. The Morgan fingerprint density at radius 1 is 1.21 bits per heavy atom. The van der Waals surface area contributed by atoms with Crippen molar-refractivity contribution in [2.75, 3.05) is 18.5 Å². The monoisotopic (exact) mass is 499 g/mol. The Morgan fingerprint density at radius 3 is 2.57 bits per heavy atom. The quantitative estimate of drug-likeness (QED) is 0.332. The van der Waals surface area contributed by atoms with Gasteiger partial charge < -0.3 is 14.8 Å². The molecule has 28 heavy (non-hydrogen) atoms. The number of hydrazone groups is 1. The van der Waals surface area contributed by atoms with E-state index in [1.54, 1.807) is 12.1 Å². The van der Waals surface area contributed by atoms with Gasteiger partial charge in [-0.25, -0.2) is 9.82 Å². The molecule has 9 heteroatoms. The van der Waals surface area contributed by atoms with Crippen LogP contribution in [0.2, 0.25) is 0 Å². The van der Waals surface area contributed by atoms with E-state index in [1.165, 1.54) is 37.4 Å². The van der Waals surface area contributed by atoms with Crippen molar-refractivity contribution in [3.05, 3.63) is 51.3 Å². The molecule has 0 spiro atoms. The molecule has 2 aromatic carbocycles. The first-order chi connectivity index (χ1) is 13.4. The zero-order valence-electron chi connectivity index (χ0n) is 15.3. The van der Waals surface area contributed by atoms with E-state index in [9.17, 15) is 14.0 Å². The fourth-order valence-corrected chi connectivity index (χ4v) is 2.91. The molecule has 0 heterocycles. The molecular formula is C19H19FIN3O4. The molecule has 0 aliphatic heterocycles. The lowest BCUT2D eigenvalue weighted by Gasteiger charge is -2.14. The zero-order valence-corrected chi connectivity index (χ0v) is 17.4. The van der Waals surface area contributed by atoms with Crippen molar-refractivity contribution in [3.8, 4) is 11.5 Å². The SMILES string of the molecule is CCOc1cc(/C=N\NC(C)=O)cc(I)c1OCC(=O)Nc1ccc(F)cc1. The van der Waals surface area contributed by atoms with E-state index in [2.05, 4.69) is 38.4 Å². The van der Waals surface area contributed by atoms with Crippen molar-refractivity contribution in [1.82, 2.24) is 5.43 Å². The Bertz CT molecular complexity index is 872. The molecule has 2 rings (SSSR count). The summed E-state index contributed by atoms with van der Waals surface area (Å²) in [6.07, 6.45) is 1.48. The molecule has 2 amide bonds. The lowest BCUT2D eigenvalue weighted by molar-refractivity contribution is -0.119. The van der Waals surface area contributed by atoms with E-state index in [0.29, 0.717) is 32.9 Å². The summed E-state index contributed by atoms with van der Waals surface area (Å²) < 4.78 is 24.9. The van der Waals surface area contributed by atoms with Gasteiger partial charge in [0.25, 0.3) is 5.91 Å². The van der Waals surface area contributed by atoms with Crippen molar-refractivity contribution >= 4 is 46.3 Å². The van der Waals surface area contributed by atoms with Crippen LogP contribution in [0.4, 0.5) is 10.1 Å². The van der Waals surface area contributed by atoms with Gasteiger partial charge in [0.05, 0.1) is 16.4 Å². The fourth-order valence-electron chi connectivity index (χ4n) is 2.13. The molecule has 0 bridgehead atoms. The van der Waals surface area contributed by atoms with Crippen LogP contribution in [0.15, 0.2) is 41.5 Å². The Kier molecular flexibility index (Phi) is 8.18. The minimum Gasteiger partial charge on any atom is -0.490 e. The molecule has 0 fully saturated rings. The number of rotatable bonds is 8. The normalized spacial score (nSPS) is 10.6. The highest BCUT2D eigenvalue weighted by Crippen LogP contribution is 2.34. The molecule has 0 saturated heterocycles. The van der Waals surface area contributed by atoms with E-state index >= 15 is 0 Å². The highest BCUT2D eigenvalue weighted by Gasteiger charge is 2.14. The van der Waals surface area contributed by atoms with E-state index in [-0.39, 0.29) is 24.2 Å². The molecule has 0 radical (unpaired) electrons. The molecule has 0 unspecified atom stereocenters. The van der Waals surface area contributed by atoms with Crippen molar-refractivity contribution in [2.45, 2.75) is 13.8 Å². The summed E-state index contributed by atoms with van der Waals surface area (Å²) in [5, 5.41) is 6.45. The van der Waals surface area contributed by atoms with Crippen molar-refractivity contribution in [2.24, 2.45) is 5.10 Å². The van der Waals surface area contributed by atoms with Crippen LogP contribution < -0.4 is 20.2 Å². The smallest absolute Gasteiger partial charge is 0.262 e. The van der Waals surface area contributed by atoms with Crippen LogP contribution in [0, 0.1) is 9.39 Å². The van der Waals surface area contributed by atoms with Gasteiger partial charge in [0.1, 0.15) is 5.82 Å². The maximum absolute atomic E-state index is 12.9. The van der Waals surface area contributed by atoms with Crippen LogP contribution >= 0.6 is 22.6 Å². The van der Waals surface area contributed by atoms with Gasteiger partial charge in [0.2, 0.25) is 5.91 Å². The van der Waals surface area contributed by atoms with E-state index in [4.69, 9.17) is 9.47 Å². The Labute approximate surface area is 175 Å². The molecule has 0 aliphatic rings. The van der Waals surface area contributed by atoms with Crippen molar-refractivity contribution in [1.29, 1.82) is 0 Å². The molecule has 0 aromatic heterocycles. The number of nitrogens with one attached hydrogen (secondary N) is 2. The third-order valence-electron chi connectivity index (χ3n) is 3.24. The molecule has 0 saturated carbocycles. The molecule has 2 aromatic rings. The number of halogens is 2. The predicted molar refractivity (Wildman–Crippen MR) is 112 cm³/mol. The largest absolute Gasteiger partial charge is 0.490 e. The topological polar surface area (TPSA) is 89.0 Å². The summed E-state index contributed by atoms with van der Waals surface area (Å²) in [4.78, 5) is 23.0. The van der Waals surface area contributed by atoms with E-state index in [0.717, 1.165) is 0 Å². The molecule has 2 N–H and O–H groups in total. The van der Waals surface area contributed by atoms with Gasteiger partial charge in [-0.2, -0.15) is 5.10 Å². The lowest BCUT2D eigenvalue weighted by atomic mass is 10.2. The zero-order chi connectivity index (χ0) is 20.5. The second-order valence-electron chi connectivity index (χ2n) is 5.53. The number of amides is 2. The maximum atomic E-state index is 12.9. The third kappa shape index (κ3) is 6.80. The Hall–Kier alpha value is -2.69. The van der Waals surface area contributed by atoms with Crippen LogP contribution in [0.3, 0.4) is 0 Å². The van der Waals surface area contributed by atoms with Crippen LogP contribution in [-0.4, -0.2) is 31.2 Å². The van der Waals surface area contributed by atoms with Crippen LogP contribution in [0.25, 0.3) is 0 Å². The molecule has 0 aliphatic carbocycles. The van der Waals surface area contributed by atoms with Gasteiger partial charge in [-0.05, 0) is 71.5 Å². The number of ether oxygens (including phenoxy) is 2. The van der Waals surface area contributed by atoms with E-state index in [1.807, 2.05) is 6.92 Å². The second kappa shape index (κ2) is 10.6. The summed E-state index contributed by atoms with van der Waals surface area (Å²) in [6.45, 7) is 3.35. The van der Waals surface area contributed by atoms with Crippen molar-refractivity contribution < 1.29 is 23.5 Å². The Morgan fingerprint density at radius 2 is 1.93 bits per heavy atom. The molecular weight excluding hydrogens is 480 g/mol. The first kappa shape index (κ1) is 21.6. The fraction of sp³-hybridized carbons (Fsp3) is 0.211. The summed E-state index contributed by atoms with van der Waals surface area (Å²) >= 11 is 2.06. The minimum absolute atomic E-state index is 0.243. The predicted octanol–water partition coefficient (Wildman–Crippen LogP) is 3.32. The maximum Gasteiger partial charge on any atom is 0.262 e. The van der Waals surface area contributed by atoms with Crippen LogP contribution in [0.5, 0.6) is 11.5 Å². The number of nitrogens with zero attached hydrogens (tertiary/aromatic N) is 1. The highest BCUT2D eigenvalue weighted by atomic mass is 127. The second-order valence-corrected chi connectivity index (χ2v) is 6.70. The number of hydrogen-bond acceptors (Lipinski definition) is 5. The summed E-state index contributed by atoms with van der Waals surface area (Å²) in [5.41, 5.74) is 3.50. The summed E-state index contributed by atoms with van der Waals surface area (Å²) in [7, 11) is 0. The van der Waals surface area contributed by atoms with Gasteiger partial charge in [-0.15, -0.1) is 0 Å². The number of anilines is 1. The average Bonchev–Trinajstić information content (AvgIpc) is 2.63. The number of benzene rings is 2. The highest BCUT2D eigenvalue weighted by molar-refractivity contribution is 14.1. The summed E-state index contributed by atoms with van der Waals surface area (Å²) in [5.74, 6) is -0.168. The summed E-state index contributed by atoms with van der Waals surface area (Å²) in [6, 6.07) is 8.92.